The minimum absolute atomic E-state index is 0.285. The molecule has 0 radical (unpaired) electrons. The van der Waals surface area contributed by atoms with Gasteiger partial charge in [-0.05, 0) is 48.0 Å². The summed E-state index contributed by atoms with van der Waals surface area (Å²) in [6.07, 6.45) is 1.68. The van der Waals surface area contributed by atoms with Crippen molar-refractivity contribution >= 4 is 34.6 Å². The summed E-state index contributed by atoms with van der Waals surface area (Å²) in [5.74, 6) is 2.32. The Balaban J connectivity index is 1.87. The van der Waals surface area contributed by atoms with E-state index in [0.29, 0.717) is 11.3 Å². The molecule has 5 aromatic rings. The van der Waals surface area contributed by atoms with Crippen LogP contribution in [0.2, 0.25) is 0 Å². The summed E-state index contributed by atoms with van der Waals surface area (Å²) in [6.45, 7) is 1.78. The Hall–Kier alpha value is -4.07. The number of hydrogen-bond acceptors (Lipinski definition) is 3. The summed E-state index contributed by atoms with van der Waals surface area (Å²) in [5, 5.41) is 3.53. The Kier molecular flexibility index (Phi) is 7.25. The zero-order valence-electron chi connectivity index (χ0n) is 21.0. The zero-order valence-corrected chi connectivity index (χ0v) is 21.9. The molecule has 0 atom stereocenters. The van der Waals surface area contributed by atoms with Crippen LogP contribution in [0, 0.1) is 6.92 Å². The Labute approximate surface area is 218 Å². The van der Waals surface area contributed by atoms with E-state index in [2.05, 4.69) is 78.6 Å². The molecule has 1 heterocycles. The minimum Gasteiger partial charge on any atom is -0.463 e. The molecule has 0 aliphatic rings. The average Bonchev–Trinajstić information content (AvgIpc) is 3.37. The summed E-state index contributed by atoms with van der Waals surface area (Å²) in [4.78, 5) is 13.4. The quantitative estimate of drug-likeness (QED) is 0.186. The lowest BCUT2D eigenvalue weighted by atomic mass is 10.0. The maximum absolute atomic E-state index is 13.4. The highest BCUT2D eigenvalue weighted by molar-refractivity contribution is 7.94. The summed E-state index contributed by atoms with van der Waals surface area (Å²) in [5.41, 5.74) is 3.26. The van der Waals surface area contributed by atoms with E-state index in [9.17, 15) is 4.79 Å². The molecule has 37 heavy (non-hydrogen) atoms. The number of carbonyl (C=O) groups excluding carboxylic acids is 1. The number of ether oxygens (including phenoxy) is 1. The van der Waals surface area contributed by atoms with E-state index >= 15 is 0 Å². The maximum Gasteiger partial charge on any atom is 0.342 e. The second-order valence-corrected chi connectivity index (χ2v) is 12.1. The third-order valence-corrected chi connectivity index (χ3v) is 10.4. The van der Waals surface area contributed by atoms with Gasteiger partial charge >= 0.3 is 5.97 Å². The highest BCUT2D eigenvalue weighted by Crippen LogP contribution is 2.45. The predicted molar refractivity (Wildman–Crippen MR) is 155 cm³/mol. The predicted octanol–water partition coefficient (Wildman–Crippen LogP) is 6.58. The first kappa shape index (κ1) is 24.6. The number of benzene rings is 4. The molecule has 0 saturated heterocycles. The van der Waals surface area contributed by atoms with Gasteiger partial charge in [0.1, 0.15) is 11.3 Å². The highest BCUT2D eigenvalue weighted by Gasteiger charge is 2.29. The molecule has 0 bridgehead atoms. The van der Waals surface area contributed by atoms with Crippen LogP contribution < -0.4 is 15.9 Å². The van der Waals surface area contributed by atoms with Crippen LogP contribution in [0.4, 0.5) is 0 Å². The summed E-state index contributed by atoms with van der Waals surface area (Å²) >= 11 is 0. The molecule has 0 fully saturated rings. The highest BCUT2D eigenvalue weighted by atomic mass is 31.2. The van der Waals surface area contributed by atoms with Gasteiger partial charge in [-0.3, -0.25) is 0 Å². The maximum atomic E-state index is 13.4. The average molecular weight is 505 g/mol. The molecule has 0 amide bonds. The summed E-state index contributed by atoms with van der Waals surface area (Å²) in [7, 11) is 0. The number of hydrogen-bond donors (Lipinski definition) is 0. The molecule has 0 N–H and O–H groups in total. The lowest BCUT2D eigenvalue weighted by molar-refractivity contribution is 0.0526. The molecule has 0 aliphatic heterocycles. The van der Waals surface area contributed by atoms with Gasteiger partial charge in [-0.15, -0.1) is 0 Å². The molecule has 5 rings (SSSR count). The van der Waals surface area contributed by atoms with Crippen LogP contribution >= 0.6 is 6.89 Å². The zero-order chi connectivity index (χ0) is 25.7. The monoisotopic (exact) mass is 504 g/mol. The van der Waals surface area contributed by atoms with Crippen LogP contribution in [0.15, 0.2) is 126 Å². The third kappa shape index (κ3) is 4.83. The molecule has 184 valence electrons. The Bertz CT molecular complexity index is 1430. The summed E-state index contributed by atoms with van der Waals surface area (Å²) < 4.78 is 11.8. The van der Waals surface area contributed by atoms with Crippen molar-refractivity contribution in [2.24, 2.45) is 0 Å². The van der Waals surface area contributed by atoms with Crippen molar-refractivity contribution < 1.29 is 13.9 Å². The minimum atomic E-state index is -2.37. The van der Waals surface area contributed by atoms with E-state index in [4.69, 9.17) is 9.15 Å². The van der Waals surface area contributed by atoms with Crippen molar-refractivity contribution in [1.82, 2.24) is 0 Å². The Morgan fingerprint density at radius 1 is 0.757 bits per heavy atom. The Morgan fingerprint density at radius 3 is 1.70 bits per heavy atom. The van der Waals surface area contributed by atoms with Gasteiger partial charge in [0, 0.05) is 5.56 Å². The van der Waals surface area contributed by atoms with Crippen LogP contribution in [0.1, 0.15) is 28.6 Å². The Morgan fingerprint density at radius 2 is 1.24 bits per heavy atom. The molecule has 0 saturated carbocycles. The molecular formula is C33H29O3P. The lowest BCUT2D eigenvalue weighted by Gasteiger charge is -2.28. The molecule has 4 heteroatoms. The van der Waals surface area contributed by atoms with Crippen LogP contribution in [0.25, 0.3) is 11.1 Å². The van der Waals surface area contributed by atoms with Gasteiger partial charge < -0.3 is 9.15 Å². The van der Waals surface area contributed by atoms with Crippen molar-refractivity contribution in [1.29, 1.82) is 0 Å². The fourth-order valence-electron chi connectivity index (χ4n) is 4.66. The molecule has 0 spiro atoms. The third-order valence-electron chi connectivity index (χ3n) is 6.46. The van der Waals surface area contributed by atoms with Crippen LogP contribution in [-0.2, 0) is 4.74 Å². The van der Waals surface area contributed by atoms with E-state index in [1.807, 2.05) is 56.3 Å². The largest absolute Gasteiger partial charge is 0.463 e. The van der Waals surface area contributed by atoms with Crippen molar-refractivity contribution in [2.45, 2.75) is 13.8 Å². The first-order valence-electron chi connectivity index (χ1n) is 12.4. The summed E-state index contributed by atoms with van der Waals surface area (Å²) in [6, 6.07) is 39.6. The van der Waals surface area contributed by atoms with Crippen LogP contribution in [0.5, 0.6) is 0 Å². The molecule has 3 nitrogen and oxygen atoms in total. The smallest absolute Gasteiger partial charge is 0.342 e. The number of furan rings is 1. The van der Waals surface area contributed by atoms with Gasteiger partial charge in [0.25, 0.3) is 0 Å². The first-order valence-corrected chi connectivity index (χ1v) is 14.3. The normalized spacial score (nSPS) is 11.2. The first-order chi connectivity index (χ1) is 18.1. The van der Waals surface area contributed by atoms with Crippen molar-refractivity contribution in [2.75, 3.05) is 6.61 Å². The van der Waals surface area contributed by atoms with E-state index in [0.717, 1.165) is 16.7 Å². The molecule has 0 unspecified atom stereocenters. The topological polar surface area (TPSA) is 39.4 Å². The van der Waals surface area contributed by atoms with E-state index in [1.165, 1.54) is 15.9 Å². The van der Waals surface area contributed by atoms with Crippen LogP contribution in [0.3, 0.4) is 0 Å². The van der Waals surface area contributed by atoms with Gasteiger partial charge in [0.15, 0.2) is 0 Å². The van der Waals surface area contributed by atoms with E-state index in [1.54, 1.807) is 6.26 Å². The van der Waals surface area contributed by atoms with Gasteiger partial charge in [-0.25, -0.2) is 4.79 Å². The standard InChI is InChI=1S/C33H29O3P/c1-3-35-33(34)32-30(26-21-19-25(2)20-22-26)23-36-31(32)24-37(27-13-7-4-8-14-27,28-15-9-5-10-16-28)29-17-11-6-12-18-29/h4-24H,3H2,1-2H3. The number of esters is 1. The number of rotatable bonds is 7. The van der Waals surface area contributed by atoms with E-state index in [-0.39, 0.29) is 12.6 Å². The van der Waals surface area contributed by atoms with E-state index < -0.39 is 6.89 Å². The fourth-order valence-corrected chi connectivity index (χ4v) is 8.47. The van der Waals surface area contributed by atoms with Gasteiger partial charge in [0.05, 0.1) is 12.9 Å². The van der Waals surface area contributed by atoms with Gasteiger partial charge in [-0.1, -0.05) is 121 Å². The van der Waals surface area contributed by atoms with Crippen molar-refractivity contribution in [3.63, 3.8) is 0 Å². The lowest BCUT2D eigenvalue weighted by Crippen LogP contribution is -2.27. The van der Waals surface area contributed by atoms with Gasteiger partial charge in [0.2, 0.25) is 0 Å². The second-order valence-electron chi connectivity index (χ2n) is 8.83. The second kappa shape index (κ2) is 10.9. The number of carbonyl (C=O) groups is 1. The number of aryl methyl sites for hydroxylation is 1. The van der Waals surface area contributed by atoms with Crippen molar-refractivity contribution in [3.8, 4) is 11.1 Å². The molecular weight excluding hydrogens is 475 g/mol. The van der Waals surface area contributed by atoms with Crippen molar-refractivity contribution in [3.05, 3.63) is 138 Å². The molecule has 0 aliphatic carbocycles. The SMILES string of the molecule is CCOC(=O)c1c(-c2ccc(C)cc2)coc1C=P(c1ccccc1)(c1ccccc1)c1ccccc1. The molecule has 4 aromatic carbocycles. The van der Waals surface area contributed by atoms with Gasteiger partial charge in [-0.2, -0.15) is 0 Å². The fraction of sp³-hybridized carbons (Fsp3) is 0.0909. The van der Waals surface area contributed by atoms with Crippen LogP contribution in [-0.4, -0.2) is 18.4 Å². The molecule has 1 aromatic heterocycles.